The van der Waals surface area contributed by atoms with Crippen molar-refractivity contribution in [3.8, 4) is 0 Å². The number of anilines is 1. The number of aliphatic hydroxyl groups is 1. The Balaban J connectivity index is 2.45. The van der Waals surface area contributed by atoms with Crippen LogP contribution in [0.3, 0.4) is 0 Å². The van der Waals surface area contributed by atoms with Gasteiger partial charge in [-0.05, 0) is 36.5 Å². The summed E-state index contributed by atoms with van der Waals surface area (Å²) in [6, 6.07) is 7.35. The first-order valence-corrected chi connectivity index (χ1v) is 7.28. The number of aliphatic hydroxyl groups excluding tert-OH is 1. The van der Waals surface area contributed by atoms with Gasteiger partial charge in [0.25, 0.3) is 0 Å². The molecule has 0 fully saturated rings. The van der Waals surface area contributed by atoms with Crippen LogP contribution in [-0.4, -0.2) is 29.6 Å². The number of hydrogen-bond donors (Lipinski definition) is 3. The van der Waals surface area contributed by atoms with E-state index in [2.05, 4.69) is 10.6 Å². The molecule has 0 aliphatic carbocycles. The van der Waals surface area contributed by atoms with Crippen LogP contribution >= 0.6 is 0 Å². The lowest BCUT2D eigenvalue weighted by Crippen LogP contribution is -2.39. The zero-order valence-corrected chi connectivity index (χ0v) is 12.8. The van der Waals surface area contributed by atoms with E-state index in [4.69, 9.17) is 0 Å². The average molecular weight is 292 g/mol. The largest absolute Gasteiger partial charge is 0.391 e. The SMILES string of the molecule is CCc1cccc(NC(=O)C(=O)NCC(O)CC(C)C)c1. The van der Waals surface area contributed by atoms with Crippen molar-refractivity contribution in [3.05, 3.63) is 29.8 Å². The van der Waals surface area contributed by atoms with Gasteiger partial charge in [-0.3, -0.25) is 9.59 Å². The highest BCUT2D eigenvalue weighted by Gasteiger charge is 2.15. The minimum atomic E-state index is -0.736. The van der Waals surface area contributed by atoms with Crippen molar-refractivity contribution < 1.29 is 14.7 Å². The number of nitrogens with one attached hydrogen (secondary N) is 2. The Morgan fingerprint density at radius 3 is 2.57 bits per heavy atom. The summed E-state index contributed by atoms with van der Waals surface area (Å²) in [5, 5.41) is 14.6. The fourth-order valence-corrected chi connectivity index (χ4v) is 1.98. The van der Waals surface area contributed by atoms with Crippen LogP contribution in [0, 0.1) is 5.92 Å². The first kappa shape index (κ1) is 17.2. The molecule has 1 rings (SSSR count). The van der Waals surface area contributed by atoms with E-state index in [0.717, 1.165) is 12.0 Å². The topological polar surface area (TPSA) is 78.4 Å². The highest BCUT2D eigenvalue weighted by atomic mass is 16.3. The molecule has 0 spiro atoms. The molecule has 0 aliphatic heterocycles. The summed E-state index contributed by atoms with van der Waals surface area (Å²) in [7, 11) is 0. The molecule has 1 unspecified atom stereocenters. The molecule has 5 nitrogen and oxygen atoms in total. The number of benzene rings is 1. The number of carbonyl (C=O) groups is 2. The molecule has 0 heterocycles. The zero-order valence-electron chi connectivity index (χ0n) is 12.8. The molecule has 3 N–H and O–H groups in total. The molecule has 0 saturated carbocycles. The van der Waals surface area contributed by atoms with Gasteiger partial charge in [0.15, 0.2) is 0 Å². The highest BCUT2D eigenvalue weighted by molar-refractivity contribution is 6.39. The third-order valence-electron chi connectivity index (χ3n) is 3.04. The Labute approximate surface area is 125 Å². The molecule has 21 heavy (non-hydrogen) atoms. The summed E-state index contributed by atoms with van der Waals surface area (Å²) in [5.74, 6) is -1.12. The molecule has 0 bridgehead atoms. The minimum absolute atomic E-state index is 0.0828. The van der Waals surface area contributed by atoms with Crippen LogP contribution in [0.2, 0.25) is 0 Å². The van der Waals surface area contributed by atoms with Crippen molar-refractivity contribution in [2.45, 2.75) is 39.7 Å². The Morgan fingerprint density at radius 1 is 1.24 bits per heavy atom. The summed E-state index contributed by atoms with van der Waals surface area (Å²) in [6.07, 6.45) is 0.808. The van der Waals surface area contributed by atoms with Crippen LogP contribution in [0.25, 0.3) is 0 Å². The molecule has 116 valence electrons. The molecule has 1 atom stereocenters. The van der Waals surface area contributed by atoms with Gasteiger partial charge < -0.3 is 15.7 Å². The lowest BCUT2D eigenvalue weighted by atomic mass is 10.1. The highest BCUT2D eigenvalue weighted by Crippen LogP contribution is 2.10. The maximum absolute atomic E-state index is 11.7. The number of rotatable bonds is 6. The molecular weight excluding hydrogens is 268 g/mol. The van der Waals surface area contributed by atoms with Gasteiger partial charge in [0.05, 0.1) is 6.10 Å². The van der Waals surface area contributed by atoms with Crippen molar-refractivity contribution in [1.29, 1.82) is 0 Å². The van der Waals surface area contributed by atoms with Gasteiger partial charge in [-0.25, -0.2) is 0 Å². The lowest BCUT2D eigenvalue weighted by Gasteiger charge is -2.13. The maximum atomic E-state index is 11.7. The van der Waals surface area contributed by atoms with Crippen molar-refractivity contribution in [3.63, 3.8) is 0 Å². The quantitative estimate of drug-likeness (QED) is 0.698. The minimum Gasteiger partial charge on any atom is -0.391 e. The van der Waals surface area contributed by atoms with E-state index in [1.165, 1.54) is 0 Å². The number of aryl methyl sites for hydroxylation is 1. The zero-order chi connectivity index (χ0) is 15.8. The third-order valence-corrected chi connectivity index (χ3v) is 3.04. The van der Waals surface area contributed by atoms with E-state index in [1.54, 1.807) is 6.07 Å². The predicted molar refractivity (Wildman–Crippen MR) is 82.9 cm³/mol. The van der Waals surface area contributed by atoms with Crippen LogP contribution in [-0.2, 0) is 16.0 Å². The molecule has 0 aliphatic rings. The molecular formula is C16H24N2O3. The third kappa shape index (κ3) is 6.40. The first-order chi connectivity index (χ1) is 9.92. The van der Waals surface area contributed by atoms with Gasteiger partial charge in [-0.2, -0.15) is 0 Å². The summed E-state index contributed by atoms with van der Waals surface area (Å²) in [5.41, 5.74) is 1.68. The van der Waals surface area contributed by atoms with E-state index >= 15 is 0 Å². The molecule has 1 aromatic rings. The van der Waals surface area contributed by atoms with E-state index in [1.807, 2.05) is 39.0 Å². The summed E-state index contributed by atoms with van der Waals surface area (Å²) < 4.78 is 0. The van der Waals surface area contributed by atoms with Gasteiger partial charge in [0.2, 0.25) is 0 Å². The fourth-order valence-electron chi connectivity index (χ4n) is 1.98. The fraction of sp³-hybridized carbons (Fsp3) is 0.500. The number of hydrogen-bond acceptors (Lipinski definition) is 3. The normalized spacial score (nSPS) is 12.0. The van der Waals surface area contributed by atoms with Crippen LogP contribution < -0.4 is 10.6 Å². The van der Waals surface area contributed by atoms with Crippen LogP contribution in [0.4, 0.5) is 5.69 Å². The molecule has 0 radical (unpaired) electrons. The van der Waals surface area contributed by atoms with Crippen LogP contribution in [0.1, 0.15) is 32.8 Å². The smallest absolute Gasteiger partial charge is 0.313 e. The van der Waals surface area contributed by atoms with Gasteiger partial charge in [0, 0.05) is 12.2 Å². The second-order valence-electron chi connectivity index (χ2n) is 5.50. The van der Waals surface area contributed by atoms with Crippen LogP contribution in [0.5, 0.6) is 0 Å². The monoisotopic (exact) mass is 292 g/mol. The molecule has 0 aromatic heterocycles. The Bertz CT molecular complexity index is 486. The van der Waals surface area contributed by atoms with Crippen molar-refractivity contribution >= 4 is 17.5 Å². The van der Waals surface area contributed by atoms with Crippen molar-refractivity contribution in [2.75, 3.05) is 11.9 Å². The van der Waals surface area contributed by atoms with E-state index in [0.29, 0.717) is 18.0 Å². The van der Waals surface area contributed by atoms with E-state index < -0.39 is 17.9 Å². The Kier molecular flexibility index (Phi) is 6.88. The van der Waals surface area contributed by atoms with E-state index in [-0.39, 0.29) is 6.54 Å². The second-order valence-corrected chi connectivity index (χ2v) is 5.50. The number of carbonyl (C=O) groups excluding carboxylic acids is 2. The summed E-state index contributed by atoms with van der Waals surface area (Å²) in [4.78, 5) is 23.4. The average Bonchev–Trinajstić information content (AvgIpc) is 2.44. The van der Waals surface area contributed by atoms with E-state index in [9.17, 15) is 14.7 Å². The first-order valence-electron chi connectivity index (χ1n) is 7.28. The Morgan fingerprint density at radius 2 is 1.95 bits per heavy atom. The molecule has 1 aromatic carbocycles. The number of amides is 2. The molecule has 0 saturated heterocycles. The lowest BCUT2D eigenvalue weighted by molar-refractivity contribution is -0.136. The van der Waals surface area contributed by atoms with Gasteiger partial charge in [-0.15, -0.1) is 0 Å². The van der Waals surface area contributed by atoms with Crippen molar-refractivity contribution in [1.82, 2.24) is 5.32 Å². The predicted octanol–water partition coefficient (Wildman–Crippen LogP) is 1.71. The summed E-state index contributed by atoms with van der Waals surface area (Å²) in [6.45, 7) is 6.07. The maximum Gasteiger partial charge on any atom is 0.313 e. The van der Waals surface area contributed by atoms with Crippen LogP contribution in [0.15, 0.2) is 24.3 Å². The van der Waals surface area contributed by atoms with Gasteiger partial charge in [-0.1, -0.05) is 32.9 Å². The standard InChI is InChI=1S/C16H24N2O3/c1-4-12-6-5-7-13(9-12)18-16(21)15(20)17-10-14(19)8-11(2)3/h5-7,9,11,14,19H,4,8,10H2,1-3H3,(H,17,20)(H,18,21). The molecule has 5 heteroatoms. The summed E-state index contributed by atoms with van der Waals surface area (Å²) >= 11 is 0. The molecule has 2 amide bonds. The van der Waals surface area contributed by atoms with Gasteiger partial charge >= 0.3 is 11.8 Å². The van der Waals surface area contributed by atoms with Crippen molar-refractivity contribution in [2.24, 2.45) is 5.92 Å². The van der Waals surface area contributed by atoms with Gasteiger partial charge in [0.1, 0.15) is 0 Å². The Hall–Kier alpha value is -1.88. The second kappa shape index (κ2) is 8.42.